The first-order valence-corrected chi connectivity index (χ1v) is 10.4. The number of anilines is 4. The largest absolute Gasteiger partial charge is 0.399 e. The Balaban J connectivity index is 1.70. The van der Waals surface area contributed by atoms with Crippen molar-refractivity contribution < 1.29 is 0 Å². The maximum absolute atomic E-state index is 6.12. The molecule has 0 saturated carbocycles. The maximum atomic E-state index is 6.12. The standard InChI is InChI=1S/C28H20N4/c29-15-1-5-19-21(27-13-17(31)3-7-23(27)25(19)11-15)9-10-22-20-6-2-16(30)12-26(20)24-8-4-18(32)14-28(22)24/h1-8,11-14H,29-32H2. The summed E-state index contributed by atoms with van der Waals surface area (Å²) in [6.45, 7) is 0. The van der Waals surface area contributed by atoms with Crippen molar-refractivity contribution in [3.63, 3.8) is 0 Å². The zero-order chi connectivity index (χ0) is 22.0. The van der Waals surface area contributed by atoms with E-state index in [4.69, 9.17) is 22.9 Å². The summed E-state index contributed by atoms with van der Waals surface area (Å²) in [6.07, 6.45) is 0. The van der Waals surface area contributed by atoms with Crippen LogP contribution < -0.4 is 22.9 Å². The molecule has 0 unspecified atom stereocenters. The van der Waals surface area contributed by atoms with Crippen LogP contribution in [0, 0.1) is 0 Å². The van der Waals surface area contributed by atoms with Crippen LogP contribution in [0.25, 0.3) is 33.4 Å². The van der Waals surface area contributed by atoms with Gasteiger partial charge >= 0.3 is 0 Å². The molecule has 0 amide bonds. The molecule has 4 nitrogen and oxygen atoms in total. The summed E-state index contributed by atoms with van der Waals surface area (Å²) in [4.78, 5) is 0. The highest BCUT2D eigenvalue weighted by molar-refractivity contribution is 6.04. The summed E-state index contributed by atoms with van der Waals surface area (Å²) in [5.74, 6) is 0. The van der Waals surface area contributed by atoms with Crippen LogP contribution in [0.1, 0.15) is 22.3 Å². The van der Waals surface area contributed by atoms with E-state index in [1.165, 1.54) is 0 Å². The topological polar surface area (TPSA) is 104 Å². The summed E-state index contributed by atoms with van der Waals surface area (Å²) in [5, 5.41) is 0. The van der Waals surface area contributed by atoms with Crippen LogP contribution >= 0.6 is 0 Å². The molecule has 0 aliphatic heterocycles. The third-order valence-electron chi connectivity index (χ3n) is 6.14. The van der Waals surface area contributed by atoms with Crippen molar-refractivity contribution in [1.82, 2.24) is 0 Å². The average molecular weight is 412 g/mol. The van der Waals surface area contributed by atoms with Crippen molar-refractivity contribution >= 4 is 33.9 Å². The number of fused-ring (bicyclic) bond motifs is 6. The highest BCUT2D eigenvalue weighted by atomic mass is 14.6. The Morgan fingerprint density at radius 3 is 1.03 bits per heavy atom. The molecule has 0 heterocycles. The molecule has 4 aromatic rings. The van der Waals surface area contributed by atoms with Gasteiger partial charge < -0.3 is 22.9 Å². The molecule has 2 aliphatic rings. The molecule has 2 aliphatic carbocycles. The molecule has 0 fully saturated rings. The first-order chi connectivity index (χ1) is 15.5. The molecular weight excluding hydrogens is 392 g/mol. The van der Waals surface area contributed by atoms with E-state index in [2.05, 4.69) is 11.5 Å². The number of nitrogens with two attached hydrogens (primary N) is 4. The molecule has 0 atom stereocenters. The lowest BCUT2D eigenvalue weighted by Gasteiger charge is -2.01. The Morgan fingerprint density at radius 1 is 0.344 bits per heavy atom. The minimum Gasteiger partial charge on any atom is -0.399 e. The van der Waals surface area contributed by atoms with Gasteiger partial charge in [0.25, 0.3) is 0 Å². The minimum absolute atomic E-state index is 0.705. The Kier molecular flexibility index (Phi) is 3.66. The van der Waals surface area contributed by atoms with Gasteiger partial charge in [-0.1, -0.05) is 35.7 Å². The fourth-order valence-corrected chi connectivity index (χ4v) is 4.70. The summed E-state index contributed by atoms with van der Waals surface area (Å²) in [5.41, 5.74) is 44.6. The molecule has 152 valence electrons. The summed E-state index contributed by atoms with van der Waals surface area (Å²) in [6, 6.07) is 23.7. The molecule has 0 aromatic heterocycles. The molecule has 4 heteroatoms. The van der Waals surface area contributed by atoms with Crippen LogP contribution in [0.4, 0.5) is 22.7 Å². The monoisotopic (exact) mass is 412 g/mol. The molecule has 32 heavy (non-hydrogen) atoms. The lowest BCUT2D eigenvalue weighted by molar-refractivity contribution is 1.63. The normalized spacial score (nSPS) is 12.5. The lowest BCUT2D eigenvalue weighted by atomic mass is 10.0. The van der Waals surface area contributed by atoms with Gasteiger partial charge in [-0.15, -0.1) is 0 Å². The smallest absolute Gasteiger partial charge is 0.0407 e. The zero-order valence-corrected chi connectivity index (χ0v) is 17.2. The summed E-state index contributed by atoms with van der Waals surface area (Å²) >= 11 is 0. The number of benzene rings is 4. The molecule has 8 N–H and O–H groups in total. The second kappa shape index (κ2) is 6.44. The predicted octanol–water partition coefficient (Wildman–Crippen LogP) is 5.29. The molecular formula is C28H20N4. The van der Waals surface area contributed by atoms with Gasteiger partial charge in [-0.2, -0.15) is 0 Å². The molecule has 0 bridgehead atoms. The van der Waals surface area contributed by atoms with Crippen LogP contribution in [0.15, 0.2) is 84.3 Å². The van der Waals surface area contributed by atoms with Crippen LogP contribution in [-0.4, -0.2) is 0 Å². The predicted molar refractivity (Wildman–Crippen MR) is 133 cm³/mol. The Bertz CT molecular complexity index is 1460. The quantitative estimate of drug-likeness (QED) is 0.201. The van der Waals surface area contributed by atoms with Crippen molar-refractivity contribution in [2.24, 2.45) is 0 Å². The van der Waals surface area contributed by atoms with Crippen molar-refractivity contribution in [2.75, 3.05) is 22.9 Å². The number of nitrogen functional groups attached to an aromatic ring is 4. The van der Waals surface area contributed by atoms with Gasteiger partial charge in [0.05, 0.1) is 0 Å². The van der Waals surface area contributed by atoms with Gasteiger partial charge in [-0.3, -0.25) is 0 Å². The number of rotatable bonds is 0. The average Bonchev–Trinajstić information content (AvgIpc) is 3.23. The van der Waals surface area contributed by atoms with Gasteiger partial charge in [0.15, 0.2) is 0 Å². The Labute approximate surface area is 185 Å². The van der Waals surface area contributed by atoms with E-state index in [0.717, 1.165) is 67.0 Å². The minimum atomic E-state index is 0.705. The van der Waals surface area contributed by atoms with Gasteiger partial charge in [-0.25, -0.2) is 0 Å². The van der Waals surface area contributed by atoms with Crippen molar-refractivity contribution in [3.8, 4) is 22.3 Å². The zero-order valence-electron chi connectivity index (χ0n) is 17.2. The first-order valence-electron chi connectivity index (χ1n) is 10.4. The molecule has 6 rings (SSSR count). The van der Waals surface area contributed by atoms with E-state index in [9.17, 15) is 0 Å². The van der Waals surface area contributed by atoms with Crippen molar-refractivity contribution in [2.45, 2.75) is 0 Å². The third-order valence-corrected chi connectivity index (χ3v) is 6.14. The third kappa shape index (κ3) is 2.59. The second-order valence-electron chi connectivity index (χ2n) is 8.22. The van der Waals surface area contributed by atoms with Crippen molar-refractivity contribution in [1.29, 1.82) is 0 Å². The van der Waals surface area contributed by atoms with E-state index in [0.29, 0.717) is 11.4 Å². The highest BCUT2D eigenvalue weighted by Gasteiger charge is 2.25. The van der Waals surface area contributed by atoms with Crippen molar-refractivity contribution in [3.05, 3.63) is 107 Å². The first kappa shape index (κ1) is 18.2. The lowest BCUT2D eigenvalue weighted by Crippen LogP contribution is -1.87. The number of hydrogen-bond acceptors (Lipinski definition) is 4. The van der Waals surface area contributed by atoms with Gasteiger partial charge in [0.2, 0.25) is 0 Å². The molecule has 0 saturated heterocycles. The van der Waals surface area contributed by atoms with Crippen LogP contribution in [0.5, 0.6) is 0 Å². The molecule has 0 spiro atoms. The van der Waals surface area contributed by atoms with Gasteiger partial charge in [-0.05, 0) is 81.9 Å². The summed E-state index contributed by atoms with van der Waals surface area (Å²) < 4.78 is 0. The van der Waals surface area contributed by atoms with Crippen LogP contribution in [-0.2, 0) is 0 Å². The van der Waals surface area contributed by atoms with E-state index < -0.39 is 0 Å². The molecule has 0 radical (unpaired) electrons. The van der Waals surface area contributed by atoms with Gasteiger partial charge in [0.1, 0.15) is 0 Å². The maximum Gasteiger partial charge on any atom is 0.0407 e. The van der Waals surface area contributed by atoms with E-state index in [-0.39, 0.29) is 0 Å². The van der Waals surface area contributed by atoms with Gasteiger partial charge in [0, 0.05) is 45.0 Å². The van der Waals surface area contributed by atoms with E-state index in [1.807, 2.05) is 72.8 Å². The van der Waals surface area contributed by atoms with E-state index >= 15 is 0 Å². The Morgan fingerprint density at radius 2 is 0.656 bits per heavy atom. The summed E-state index contributed by atoms with van der Waals surface area (Å²) in [7, 11) is 0. The Hall–Kier alpha value is -4.62. The number of hydrogen-bond donors (Lipinski definition) is 4. The SMILES string of the molecule is Nc1ccc2c(c1)C(=C=C=C1c3cc(N)ccc3-c3cc(N)ccc31)c1ccc(N)cc1-2. The highest BCUT2D eigenvalue weighted by Crippen LogP contribution is 2.47. The second-order valence-corrected chi connectivity index (χ2v) is 8.22. The fourth-order valence-electron chi connectivity index (χ4n) is 4.70. The molecule has 4 aromatic carbocycles. The van der Waals surface area contributed by atoms with E-state index in [1.54, 1.807) is 0 Å². The van der Waals surface area contributed by atoms with Crippen LogP contribution in [0.3, 0.4) is 0 Å². The fraction of sp³-hybridized carbons (Fsp3) is 0. The van der Waals surface area contributed by atoms with Crippen LogP contribution in [0.2, 0.25) is 0 Å².